The quantitative estimate of drug-likeness (QED) is 0.662. The molecule has 1 aliphatic rings. The number of hydrogen-bond donors (Lipinski definition) is 1. The summed E-state index contributed by atoms with van der Waals surface area (Å²) >= 11 is 0. The van der Waals surface area contributed by atoms with Gasteiger partial charge in [-0.05, 0) is 27.7 Å². The van der Waals surface area contributed by atoms with Crippen molar-refractivity contribution in [3.05, 3.63) is 18.2 Å². The highest BCUT2D eigenvalue weighted by Gasteiger charge is 2.40. The monoisotopic (exact) mass is 320 g/mol. The number of rotatable bonds is 3. The summed E-state index contributed by atoms with van der Waals surface area (Å²) < 4.78 is 1.96. The molecule has 1 fully saturated rings. The van der Waals surface area contributed by atoms with Crippen LogP contribution >= 0.6 is 0 Å². The number of carbonyl (C=O) groups excluding carboxylic acids is 1. The van der Waals surface area contributed by atoms with Crippen LogP contribution in [0.3, 0.4) is 0 Å². The molecule has 0 saturated carbocycles. The second-order valence-corrected chi connectivity index (χ2v) is 6.88. The smallest absolute Gasteiger partial charge is 0.242 e. The van der Waals surface area contributed by atoms with E-state index in [0.717, 1.165) is 18.3 Å². The van der Waals surface area contributed by atoms with Crippen LogP contribution in [-0.2, 0) is 18.4 Å². The topological polar surface area (TPSA) is 65.8 Å². The van der Waals surface area contributed by atoms with Gasteiger partial charge in [0.15, 0.2) is 5.96 Å². The molecule has 1 amide bonds. The summed E-state index contributed by atoms with van der Waals surface area (Å²) in [6, 6.07) is 0.196. The zero-order chi connectivity index (χ0) is 17.2. The van der Waals surface area contributed by atoms with E-state index in [0.29, 0.717) is 13.1 Å². The lowest BCUT2D eigenvalue weighted by molar-refractivity contribution is -0.145. The second kappa shape index (κ2) is 6.60. The van der Waals surface area contributed by atoms with Crippen molar-refractivity contribution in [2.24, 2.45) is 12.0 Å². The molecule has 0 unspecified atom stereocenters. The van der Waals surface area contributed by atoms with Crippen molar-refractivity contribution < 1.29 is 4.79 Å². The van der Waals surface area contributed by atoms with Crippen molar-refractivity contribution in [3.63, 3.8) is 0 Å². The standard InChI is InChI=1S/C16H28N6O/c1-12(2)22-14(23)10-21(11-16(22,3)4)15(17-5)19-9-13-18-7-8-20(13)6/h7-8,12H,9-11H2,1-6H3,(H,17,19). The Kier molecular flexibility index (Phi) is 4.97. The molecule has 1 aromatic heterocycles. The molecule has 7 nitrogen and oxygen atoms in total. The summed E-state index contributed by atoms with van der Waals surface area (Å²) in [5, 5.41) is 3.31. The number of nitrogens with one attached hydrogen (secondary N) is 1. The summed E-state index contributed by atoms with van der Waals surface area (Å²) in [5.41, 5.74) is -0.232. The van der Waals surface area contributed by atoms with E-state index in [2.05, 4.69) is 43.0 Å². The average molecular weight is 320 g/mol. The number of aliphatic imine (C=N–C) groups is 1. The Morgan fingerprint density at radius 2 is 2.17 bits per heavy atom. The third kappa shape index (κ3) is 3.65. The maximum absolute atomic E-state index is 12.6. The fraction of sp³-hybridized carbons (Fsp3) is 0.688. The summed E-state index contributed by atoms with van der Waals surface area (Å²) in [6.07, 6.45) is 3.68. The summed E-state index contributed by atoms with van der Waals surface area (Å²) in [6.45, 7) is 9.99. The lowest BCUT2D eigenvalue weighted by Crippen LogP contribution is -2.66. The van der Waals surface area contributed by atoms with Crippen LogP contribution in [0.5, 0.6) is 0 Å². The number of guanidine groups is 1. The van der Waals surface area contributed by atoms with Gasteiger partial charge in [-0.25, -0.2) is 4.98 Å². The molecule has 2 rings (SSSR count). The molecule has 128 valence electrons. The molecular weight excluding hydrogens is 292 g/mol. The average Bonchev–Trinajstić information content (AvgIpc) is 2.82. The fourth-order valence-corrected chi connectivity index (χ4v) is 3.37. The minimum atomic E-state index is -0.232. The SMILES string of the molecule is CN=C(NCc1nccn1C)N1CC(=O)N(C(C)C)C(C)(C)C1. The Bertz CT molecular complexity index is 589. The first-order valence-corrected chi connectivity index (χ1v) is 8.00. The van der Waals surface area contributed by atoms with E-state index >= 15 is 0 Å². The number of nitrogens with zero attached hydrogens (tertiary/aromatic N) is 5. The number of imidazole rings is 1. The third-order valence-electron chi connectivity index (χ3n) is 4.18. The highest BCUT2D eigenvalue weighted by molar-refractivity contribution is 5.88. The van der Waals surface area contributed by atoms with Gasteiger partial charge >= 0.3 is 0 Å². The predicted molar refractivity (Wildman–Crippen MR) is 91.0 cm³/mol. The van der Waals surface area contributed by atoms with Crippen LogP contribution in [0, 0.1) is 0 Å². The van der Waals surface area contributed by atoms with Crippen molar-refractivity contribution in [3.8, 4) is 0 Å². The van der Waals surface area contributed by atoms with Crippen LogP contribution in [0.4, 0.5) is 0 Å². The molecule has 0 spiro atoms. The Morgan fingerprint density at radius 3 is 2.65 bits per heavy atom. The van der Waals surface area contributed by atoms with Crippen LogP contribution in [0.2, 0.25) is 0 Å². The van der Waals surface area contributed by atoms with Crippen molar-refractivity contribution in [2.75, 3.05) is 20.1 Å². The Balaban J connectivity index is 2.08. The molecule has 1 saturated heterocycles. The molecule has 1 aromatic rings. The molecular formula is C16H28N6O. The minimum Gasteiger partial charge on any atom is -0.349 e. The van der Waals surface area contributed by atoms with Gasteiger partial charge in [0.2, 0.25) is 5.91 Å². The Labute approximate surface area is 138 Å². The highest BCUT2D eigenvalue weighted by Crippen LogP contribution is 2.24. The molecule has 0 radical (unpaired) electrons. The molecule has 23 heavy (non-hydrogen) atoms. The Hall–Kier alpha value is -2.05. The maximum Gasteiger partial charge on any atom is 0.242 e. The zero-order valence-corrected chi connectivity index (χ0v) is 15.0. The van der Waals surface area contributed by atoms with Crippen molar-refractivity contribution in [1.82, 2.24) is 24.7 Å². The van der Waals surface area contributed by atoms with Crippen LogP contribution in [0.15, 0.2) is 17.4 Å². The Morgan fingerprint density at radius 1 is 1.48 bits per heavy atom. The number of aromatic nitrogens is 2. The maximum atomic E-state index is 12.6. The van der Waals surface area contributed by atoms with Gasteiger partial charge < -0.3 is 19.7 Å². The molecule has 0 aromatic carbocycles. The van der Waals surface area contributed by atoms with Gasteiger partial charge in [-0.1, -0.05) is 0 Å². The number of hydrogen-bond acceptors (Lipinski definition) is 3. The van der Waals surface area contributed by atoms with Crippen LogP contribution in [0.1, 0.15) is 33.5 Å². The molecule has 0 bridgehead atoms. The molecule has 0 atom stereocenters. The second-order valence-electron chi connectivity index (χ2n) is 6.88. The van der Waals surface area contributed by atoms with E-state index in [4.69, 9.17) is 0 Å². The van der Waals surface area contributed by atoms with Crippen molar-refractivity contribution >= 4 is 11.9 Å². The highest BCUT2D eigenvalue weighted by atomic mass is 16.2. The number of amides is 1. The number of carbonyl (C=O) groups is 1. The largest absolute Gasteiger partial charge is 0.349 e. The van der Waals surface area contributed by atoms with Crippen molar-refractivity contribution in [1.29, 1.82) is 0 Å². The van der Waals surface area contributed by atoms with Gasteiger partial charge in [0, 0.05) is 39.1 Å². The summed E-state index contributed by atoms with van der Waals surface area (Å²) in [7, 11) is 3.70. The number of piperazine rings is 1. The summed E-state index contributed by atoms with van der Waals surface area (Å²) in [4.78, 5) is 25.2. The van der Waals surface area contributed by atoms with Crippen LogP contribution in [0.25, 0.3) is 0 Å². The van der Waals surface area contributed by atoms with Gasteiger partial charge in [-0.2, -0.15) is 0 Å². The summed E-state index contributed by atoms with van der Waals surface area (Å²) in [5.74, 6) is 1.80. The van der Waals surface area contributed by atoms with E-state index in [1.165, 1.54) is 0 Å². The minimum absolute atomic E-state index is 0.135. The van der Waals surface area contributed by atoms with Gasteiger partial charge in [-0.15, -0.1) is 0 Å². The predicted octanol–water partition coefficient (Wildman–Crippen LogP) is 0.827. The first-order valence-electron chi connectivity index (χ1n) is 8.00. The number of aryl methyl sites for hydroxylation is 1. The van der Waals surface area contributed by atoms with Crippen LogP contribution < -0.4 is 5.32 Å². The molecule has 1 aliphatic heterocycles. The zero-order valence-electron chi connectivity index (χ0n) is 15.0. The van der Waals surface area contributed by atoms with Crippen molar-refractivity contribution in [2.45, 2.75) is 45.8 Å². The van der Waals surface area contributed by atoms with E-state index < -0.39 is 0 Å². The first-order chi connectivity index (χ1) is 10.8. The van der Waals surface area contributed by atoms with Gasteiger partial charge in [0.25, 0.3) is 0 Å². The normalized spacial score (nSPS) is 18.7. The van der Waals surface area contributed by atoms with Gasteiger partial charge in [-0.3, -0.25) is 9.79 Å². The molecule has 7 heteroatoms. The van der Waals surface area contributed by atoms with Gasteiger partial charge in [0.05, 0.1) is 18.6 Å². The van der Waals surface area contributed by atoms with E-state index in [-0.39, 0.29) is 17.5 Å². The van der Waals surface area contributed by atoms with E-state index in [1.54, 1.807) is 13.2 Å². The molecule has 1 N–H and O–H groups in total. The lowest BCUT2D eigenvalue weighted by atomic mass is 9.96. The first kappa shape index (κ1) is 17.3. The van der Waals surface area contributed by atoms with Gasteiger partial charge in [0.1, 0.15) is 5.82 Å². The third-order valence-corrected chi connectivity index (χ3v) is 4.18. The lowest BCUT2D eigenvalue weighted by Gasteiger charge is -2.49. The molecule has 0 aliphatic carbocycles. The molecule has 2 heterocycles. The van der Waals surface area contributed by atoms with E-state index in [1.807, 2.05) is 27.6 Å². The van der Waals surface area contributed by atoms with Crippen LogP contribution in [-0.4, -0.2) is 62.9 Å². The fourth-order valence-electron chi connectivity index (χ4n) is 3.37. The van der Waals surface area contributed by atoms with E-state index in [9.17, 15) is 4.79 Å².